The average molecular weight is 816 g/mol. The van der Waals surface area contributed by atoms with Gasteiger partial charge in [0, 0.05) is 12.8 Å². The first-order valence-electron chi connectivity index (χ1n) is 25.3. The number of esters is 1. The van der Waals surface area contributed by atoms with Crippen LogP contribution in [0.3, 0.4) is 0 Å². The highest BCUT2D eigenvalue weighted by molar-refractivity contribution is 5.76. The molecular formula is C52H97NO5. The van der Waals surface area contributed by atoms with Gasteiger partial charge in [-0.3, -0.25) is 9.59 Å². The number of ether oxygens (including phenoxy) is 1. The molecule has 0 aliphatic carbocycles. The molecule has 0 saturated heterocycles. The Morgan fingerprint density at radius 2 is 0.810 bits per heavy atom. The van der Waals surface area contributed by atoms with Crippen LogP contribution in [0.5, 0.6) is 0 Å². The summed E-state index contributed by atoms with van der Waals surface area (Å²) in [5.41, 5.74) is 0. The molecule has 2 unspecified atom stereocenters. The number of aliphatic hydroxyl groups is 2. The van der Waals surface area contributed by atoms with Crippen molar-refractivity contribution in [1.82, 2.24) is 5.32 Å². The van der Waals surface area contributed by atoms with Crippen LogP contribution >= 0.6 is 0 Å². The lowest BCUT2D eigenvalue weighted by atomic mass is 10.0. The molecule has 0 aromatic heterocycles. The van der Waals surface area contributed by atoms with Gasteiger partial charge in [-0.05, 0) is 83.5 Å². The number of hydrogen-bond acceptors (Lipinski definition) is 5. The van der Waals surface area contributed by atoms with Crippen LogP contribution in [-0.2, 0) is 14.3 Å². The molecule has 0 spiro atoms. The van der Waals surface area contributed by atoms with E-state index in [-0.39, 0.29) is 18.5 Å². The molecule has 0 aromatic rings. The van der Waals surface area contributed by atoms with Gasteiger partial charge in [-0.15, -0.1) is 0 Å². The molecule has 0 saturated carbocycles. The Morgan fingerprint density at radius 3 is 1.22 bits per heavy atom. The van der Waals surface area contributed by atoms with Crippen LogP contribution in [0.1, 0.15) is 258 Å². The predicted octanol–water partition coefficient (Wildman–Crippen LogP) is 14.9. The van der Waals surface area contributed by atoms with Crippen molar-refractivity contribution < 1.29 is 24.5 Å². The number of unbranched alkanes of at least 4 members (excludes halogenated alkanes) is 31. The smallest absolute Gasteiger partial charge is 0.305 e. The topological polar surface area (TPSA) is 95.9 Å². The second-order valence-electron chi connectivity index (χ2n) is 17.1. The molecule has 6 heteroatoms. The van der Waals surface area contributed by atoms with E-state index >= 15 is 0 Å². The van der Waals surface area contributed by atoms with Crippen LogP contribution in [0.2, 0.25) is 0 Å². The van der Waals surface area contributed by atoms with Gasteiger partial charge in [-0.1, -0.05) is 198 Å². The first-order valence-corrected chi connectivity index (χ1v) is 25.3. The molecule has 2 atom stereocenters. The number of hydrogen-bond donors (Lipinski definition) is 3. The molecule has 1 amide bonds. The molecule has 0 aliphatic rings. The van der Waals surface area contributed by atoms with E-state index in [1.165, 1.54) is 148 Å². The minimum absolute atomic E-state index is 0.0371. The SMILES string of the molecule is CCCCCCCC/C=C\CCCCCCCCCC(=O)OCCCC/C=C\CCCCCCCC(=O)NC(CO)C(O)/C=C/CCCCCCCCCCCCC. The van der Waals surface area contributed by atoms with Gasteiger partial charge in [0.25, 0.3) is 0 Å². The number of aliphatic hydroxyl groups excluding tert-OH is 2. The normalized spacial score (nSPS) is 13.0. The van der Waals surface area contributed by atoms with Gasteiger partial charge < -0.3 is 20.3 Å². The van der Waals surface area contributed by atoms with E-state index in [9.17, 15) is 19.8 Å². The maximum Gasteiger partial charge on any atom is 0.305 e. The van der Waals surface area contributed by atoms with Gasteiger partial charge >= 0.3 is 5.97 Å². The van der Waals surface area contributed by atoms with E-state index in [0.29, 0.717) is 19.4 Å². The Labute approximate surface area is 360 Å². The lowest BCUT2D eigenvalue weighted by molar-refractivity contribution is -0.143. The van der Waals surface area contributed by atoms with Crippen molar-refractivity contribution in [2.24, 2.45) is 0 Å². The number of carbonyl (C=O) groups excluding carboxylic acids is 2. The van der Waals surface area contributed by atoms with Crippen LogP contribution in [0, 0.1) is 0 Å². The average Bonchev–Trinajstić information content (AvgIpc) is 3.22. The molecular weight excluding hydrogens is 719 g/mol. The Morgan fingerprint density at radius 1 is 0.466 bits per heavy atom. The number of amides is 1. The van der Waals surface area contributed by atoms with Crippen molar-refractivity contribution in [1.29, 1.82) is 0 Å². The second-order valence-corrected chi connectivity index (χ2v) is 17.1. The van der Waals surface area contributed by atoms with Gasteiger partial charge in [0.15, 0.2) is 0 Å². The second kappa shape index (κ2) is 47.8. The van der Waals surface area contributed by atoms with Gasteiger partial charge in [0.2, 0.25) is 5.91 Å². The molecule has 0 radical (unpaired) electrons. The van der Waals surface area contributed by atoms with Gasteiger partial charge in [0.05, 0.1) is 25.4 Å². The Hall–Kier alpha value is -1.92. The zero-order chi connectivity index (χ0) is 42.3. The van der Waals surface area contributed by atoms with Crippen LogP contribution in [-0.4, -0.2) is 47.4 Å². The fourth-order valence-electron chi connectivity index (χ4n) is 7.44. The van der Waals surface area contributed by atoms with Crippen LogP contribution in [0.4, 0.5) is 0 Å². The van der Waals surface area contributed by atoms with Gasteiger partial charge in [0.1, 0.15) is 0 Å². The maximum absolute atomic E-state index is 12.4. The van der Waals surface area contributed by atoms with Crippen molar-refractivity contribution in [3.05, 3.63) is 36.5 Å². The van der Waals surface area contributed by atoms with E-state index in [0.717, 1.165) is 83.5 Å². The predicted molar refractivity (Wildman–Crippen MR) is 250 cm³/mol. The van der Waals surface area contributed by atoms with Crippen LogP contribution in [0.15, 0.2) is 36.5 Å². The summed E-state index contributed by atoms with van der Waals surface area (Å²) >= 11 is 0. The lowest BCUT2D eigenvalue weighted by Gasteiger charge is -2.20. The third-order valence-electron chi connectivity index (χ3n) is 11.4. The fraction of sp³-hybridized carbons (Fsp3) is 0.846. The van der Waals surface area contributed by atoms with E-state index in [1.807, 2.05) is 6.08 Å². The zero-order valence-electron chi connectivity index (χ0n) is 38.5. The molecule has 0 aliphatic heterocycles. The lowest BCUT2D eigenvalue weighted by Crippen LogP contribution is -2.45. The highest BCUT2D eigenvalue weighted by Gasteiger charge is 2.18. The molecule has 0 aromatic carbocycles. The highest BCUT2D eigenvalue weighted by atomic mass is 16.5. The van der Waals surface area contributed by atoms with Crippen molar-refractivity contribution in [2.75, 3.05) is 13.2 Å². The minimum Gasteiger partial charge on any atom is -0.466 e. The van der Waals surface area contributed by atoms with E-state index < -0.39 is 12.1 Å². The van der Waals surface area contributed by atoms with Crippen molar-refractivity contribution in [2.45, 2.75) is 270 Å². The Bertz CT molecular complexity index is 946. The summed E-state index contributed by atoms with van der Waals surface area (Å²) in [6, 6.07) is -0.648. The Balaban J connectivity index is 3.54. The minimum atomic E-state index is -0.862. The zero-order valence-corrected chi connectivity index (χ0v) is 38.5. The van der Waals surface area contributed by atoms with Crippen molar-refractivity contribution in [3.8, 4) is 0 Å². The molecule has 0 fully saturated rings. The Kier molecular flexibility index (Phi) is 46.2. The maximum atomic E-state index is 12.4. The summed E-state index contributed by atoms with van der Waals surface area (Å²) in [7, 11) is 0. The van der Waals surface area contributed by atoms with E-state index in [2.05, 4.69) is 43.5 Å². The van der Waals surface area contributed by atoms with Crippen LogP contribution in [0.25, 0.3) is 0 Å². The number of rotatable bonds is 46. The molecule has 3 N–H and O–H groups in total. The molecule has 0 rings (SSSR count). The summed E-state index contributed by atoms with van der Waals surface area (Å²) in [5, 5.41) is 23.0. The summed E-state index contributed by atoms with van der Waals surface area (Å²) in [5.74, 6) is -0.136. The van der Waals surface area contributed by atoms with E-state index in [1.54, 1.807) is 6.08 Å². The number of carbonyl (C=O) groups is 2. The summed E-state index contributed by atoms with van der Waals surface area (Å²) in [4.78, 5) is 24.4. The van der Waals surface area contributed by atoms with Crippen molar-refractivity contribution >= 4 is 11.9 Å². The van der Waals surface area contributed by atoms with Gasteiger partial charge in [-0.25, -0.2) is 0 Å². The van der Waals surface area contributed by atoms with E-state index in [4.69, 9.17) is 4.74 Å². The molecule has 0 bridgehead atoms. The first-order chi connectivity index (χ1) is 28.5. The first kappa shape index (κ1) is 56.1. The molecule has 340 valence electrons. The monoisotopic (exact) mass is 816 g/mol. The fourth-order valence-corrected chi connectivity index (χ4v) is 7.44. The standard InChI is InChI=1S/C52H97NO5/c1-3-5-7-9-11-13-15-17-18-19-20-22-26-30-34-38-42-46-52(57)58-47-43-39-35-31-27-23-25-29-33-37-41-45-51(56)53-49(48-54)50(55)44-40-36-32-28-24-21-16-14-12-10-8-6-4-2/h17-18,27,31,40,44,49-50,54-55H,3-16,19-26,28-30,32-39,41-43,45-48H2,1-2H3,(H,53,56)/b18-17-,31-27-,44-40+. The molecule has 6 nitrogen and oxygen atoms in total. The van der Waals surface area contributed by atoms with Crippen LogP contribution < -0.4 is 5.32 Å². The highest BCUT2D eigenvalue weighted by Crippen LogP contribution is 2.14. The quantitative estimate of drug-likeness (QED) is 0.0323. The van der Waals surface area contributed by atoms with Crippen molar-refractivity contribution in [3.63, 3.8) is 0 Å². The molecule has 58 heavy (non-hydrogen) atoms. The number of allylic oxidation sites excluding steroid dienone is 5. The molecule has 0 heterocycles. The summed E-state index contributed by atoms with van der Waals surface area (Å²) < 4.78 is 5.44. The summed E-state index contributed by atoms with van der Waals surface area (Å²) in [6.45, 7) is 4.80. The largest absolute Gasteiger partial charge is 0.466 e. The number of nitrogens with one attached hydrogen (secondary N) is 1. The third kappa shape index (κ3) is 43.7. The third-order valence-corrected chi connectivity index (χ3v) is 11.4. The summed E-state index contributed by atoms with van der Waals surface area (Å²) in [6.07, 6.45) is 57.1. The van der Waals surface area contributed by atoms with Gasteiger partial charge in [-0.2, -0.15) is 0 Å².